The second kappa shape index (κ2) is 9.74. The van der Waals surface area contributed by atoms with Crippen LogP contribution in [0.1, 0.15) is 87.1 Å². The molecule has 1 aromatic carbocycles. The van der Waals surface area contributed by atoms with E-state index in [1.807, 2.05) is 4.90 Å². The molecule has 1 aliphatic heterocycles. The average molecular weight is 423 g/mol. The first-order valence-electron chi connectivity index (χ1n) is 12.7. The van der Waals surface area contributed by atoms with Crippen LogP contribution in [0.3, 0.4) is 0 Å². The van der Waals surface area contributed by atoms with E-state index >= 15 is 0 Å². The average Bonchev–Trinajstić information content (AvgIpc) is 3.38. The van der Waals surface area contributed by atoms with Gasteiger partial charge in [-0.3, -0.25) is 4.79 Å². The minimum absolute atomic E-state index is 0.332. The molecule has 2 heterocycles. The summed E-state index contributed by atoms with van der Waals surface area (Å²) in [6, 6.07) is 8.11. The number of rotatable bonds is 8. The molecule has 5 nitrogen and oxygen atoms in total. The van der Waals surface area contributed by atoms with Gasteiger partial charge in [0.1, 0.15) is 0 Å². The lowest BCUT2D eigenvalue weighted by Crippen LogP contribution is -2.36. The monoisotopic (exact) mass is 422 g/mol. The Hall–Kier alpha value is -1.85. The Morgan fingerprint density at radius 2 is 1.94 bits per heavy atom. The van der Waals surface area contributed by atoms with Crippen LogP contribution in [-0.4, -0.2) is 41.5 Å². The number of benzene rings is 1. The van der Waals surface area contributed by atoms with Gasteiger partial charge in [0, 0.05) is 54.7 Å². The Morgan fingerprint density at radius 1 is 1.03 bits per heavy atom. The molecule has 1 saturated heterocycles. The fourth-order valence-electron chi connectivity index (χ4n) is 5.91. The van der Waals surface area contributed by atoms with Crippen LogP contribution in [0.5, 0.6) is 0 Å². The second-order valence-corrected chi connectivity index (χ2v) is 9.86. The first-order chi connectivity index (χ1) is 15.3. The number of hydrogen-bond acceptors (Lipinski definition) is 3. The number of nitrogens with one attached hydrogen (secondary N) is 3. The number of likely N-dealkylation sites (tertiary alicyclic amines) is 1. The summed E-state index contributed by atoms with van der Waals surface area (Å²) < 4.78 is 0. The Kier molecular flexibility index (Phi) is 6.61. The van der Waals surface area contributed by atoms with Gasteiger partial charge in [-0.2, -0.15) is 0 Å². The topological polar surface area (TPSA) is 60.2 Å². The van der Waals surface area contributed by atoms with E-state index in [-0.39, 0.29) is 0 Å². The van der Waals surface area contributed by atoms with Crippen molar-refractivity contribution in [3.63, 3.8) is 0 Å². The fourth-order valence-corrected chi connectivity index (χ4v) is 5.91. The summed E-state index contributed by atoms with van der Waals surface area (Å²) in [5.74, 6) is 0.332. The summed E-state index contributed by atoms with van der Waals surface area (Å²) in [5.41, 5.74) is 5.64. The number of amides is 1. The van der Waals surface area contributed by atoms with Gasteiger partial charge in [-0.05, 0) is 74.8 Å². The number of aromatic nitrogens is 1. The second-order valence-electron chi connectivity index (χ2n) is 9.86. The zero-order valence-electron chi connectivity index (χ0n) is 18.8. The molecule has 0 bridgehead atoms. The summed E-state index contributed by atoms with van der Waals surface area (Å²) in [6.07, 6.45) is 13.4. The van der Waals surface area contributed by atoms with Crippen molar-refractivity contribution in [1.82, 2.24) is 20.5 Å². The summed E-state index contributed by atoms with van der Waals surface area (Å²) in [5, 5.41) is 9.00. The Labute approximate surface area is 186 Å². The van der Waals surface area contributed by atoms with E-state index in [2.05, 4.69) is 33.8 Å². The summed E-state index contributed by atoms with van der Waals surface area (Å²) >= 11 is 0. The standard InChI is InChI=1S/C26H38N4O/c31-25-11-5-15-30(25)16-6-14-27-18-19-12-13-23-22(17-19)21-9-4-10-24(26(21)29-23)28-20-7-2-1-3-8-20/h12-13,17,20,24,27-29H,1-11,14-16,18H2. The van der Waals surface area contributed by atoms with Gasteiger partial charge < -0.3 is 20.5 Å². The minimum Gasteiger partial charge on any atom is -0.357 e. The zero-order valence-corrected chi connectivity index (χ0v) is 18.8. The molecule has 5 rings (SSSR count). The van der Waals surface area contributed by atoms with E-state index < -0.39 is 0 Å². The molecule has 2 fully saturated rings. The van der Waals surface area contributed by atoms with Gasteiger partial charge in [0.25, 0.3) is 0 Å². The van der Waals surface area contributed by atoms with Crippen molar-refractivity contribution in [3.8, 4) is 0 Å². The van der Waals surface area contributed by atoms with Gasteiger partial charge in [-0.15, -0.1) is 0 Å². The van der Waals surface area contributed by atoms with Crippen molar-refractivity contribution in [2.45, 2.75) is 89.3 Å². The minimum atomic E-state index is 0.332. The van der Waals surface area contributed by atoms with Crippen molar-refractivity contribution in [2.24, 2.45) is 0 Å². The van der Waals surface area contributed by atoms with E-state index in [0.717, 1.165) is 45.4 Å². The molecule has 1 amide bonds. The third-order valence-corrected chi connectivity index (χ3v) is 7.60. The van der Waals surface area contributed by atoms with E-state index in [1.54, 1.807) is 5.56 Å². The number of aryl methyl sites for hydroxylation is 1. The molecule has 168 valence electrons. The highest BCUT2D eigenvalue weighted by Gasteiger charge is 2.27. The lowest BCUT2D eigenvalue weighted by molar-refractivity contribution is -0.127. The van der Waals surface area contributed by atoms with Gasteiger partial charge in [-0.25, -0.2) is 0 Å². The van der Waals surface area contributed by atoms with Gasteiger partial charge >= 0.3 is 0 Å². The number of aromatic amines is 1. The summed E-state index contributed by atoms with van der Waals surface area (Å²) in [6.45, 7) is 3.70. The van der Waals surface area contributed by atoms with Gasteiger partial charge in [0.05, 0.1) is 0 Å². The predicted molar refractivity (Wildman–Crippen MR) is 126 cm³/mol. The van der Waals surface area contributed by atoms with Crippen LogP contribution in [0.4, 0.5) is 0 Å². The molecule has 3 aliphatic rings. The normalized spacial score (nSPS) is 22.4. The Balaban J connectivity index is 1.19. The molecule has 0 spiro atoms. The van der Waals surface area contributed by atoms with Gasteiger partial charge in [0.15, 0.2) is 0 Å². The first-order valence-corrected chi connectivity index (χ1v) is 12.7. The molecule has 1 unspecified atom stereocenters. The molecule has 5 heteroatoms. The van der Waals surface area contributed by atoms with Crippen molar-refractivity contribution in [1.29, 1.82) is 0 Å². The van der Waals surface area contributed by atoms with Gasteiger partial charge in [0.2, 0.25) is 5.91 Å². The number of carbonyl (C=O) groups excluding carboxylic acids is 1. The van der Waals surface area contributed by atoms with Crippen LogP contribution in [0.25, 0.3) is 10.9 Å². The quantitative estimate of drug-likeness (QED) is 0.546. The van der Waals surface area contributed by atoms with E-state index in [0.29, 0.717) is 18.0 Å². The van der Waals surface area contributed by atoms with Crippen LogP contribution in [0.2, 0.25) is 0 Å². The number of nitrogens with zero attached hydrogens (tertiary/aromatic N) is 1. The van der Waals surface area contributed by atoms with Crippen molar-refractivity contribution < 1.29 is 4.79 Å². The van der Waals surface area contributed by atoms with Crippen molar-refractivity contribution in [3.05, 3.63) is 35.0 Å². The maximum Gasteiger partial charge on any atom is 0.222 e. The molecule has 3 N–H and O–H groups in total. The van der Waals surface area contributed by atoms with E-state index in [9.17, 15) is 4.79 Å². The summed E-state index contributed by atoms with van der Waals surface area (Å²) in [7, 11) is 0. The summed E-state index contributed by atoms with van der Waals surface area (Å²) in [4.78, 5) is 17.5. The highest BCUT2D eigenvalue weighted by Crippen LogP contribution is 2.36. The smallest absolute Gasteiger partial charge is 0.222 e. The number of hydrogen-bond donors (Lipinski definition) is 3. The Bertz CT molecular complexity index is 898. The molecule has 2 aliphatic carbocycles. The fraction of sp³-hybridized carbons (Fsp3) is 0.654. The van der Waals surface area contributed by atoms with Crippen molar-refractivity contribution in [2.75, 3.05) is 19.6 Å². The van der Waals surface area contributed by atoms with Crippen LogP contribution in [0.15, 0.2) is 18.2 Å². The number of carbonyl (C=O) groups is 1. The predicted octanol–water partition coefficient (Wildman–Crippen LogP) is 4.57. The molecule has 1 atom stereocenters. The number of H-pyrrole nitrogens is 1. The van der Waals surface area contributed by atoms with Crippen LogP contribution < -0.4 is 10.6 Å². The lowest BCUT2D eigenvalue weighted by Gasteiger charge is -2.31. The molecule has 0 radical (unpaired) electrons. The molecule has 31 heavy (non-hydrogen) atoms. The molecule has 2 aromatic rings. The molecule has 1 aromatic heterocycles. The molecular formula is C26H38N4O. The highest BCUT2D eigenvalue weighted by atomic mass is 16.2. The van der Waals surface area contributed by atoms with Crippen LogP contribution in [0, 0.1) is 0 Å². The van der Waals surface area contributed by atoms with E-state index in [1.165, 1.54) is 73.5 Å². The molecule has 1 saturated carbocycles. The van der Waals surface area contributed by atoms with E-state index in [4.69, 9.17) is 0 Å². The zero-order chi connectivity index (χ0) is 21.0. The molecular weight excluding hydrogens is 384 g/mol. The third-order valence-electron chi connectivity index (χ3n) is 7.60. The maximum atomic E-state index is 11.7. The number of fused-ring (bicyclic) bond motifs is 3. The first kappa shape index (κ1) is 21.0. The van der Waals surface area contributed by atoms with Crippen molar-refractivity contribution >= 4 is 16.8 Å². The lowest BCUT2D eigenvalue weighted by atomic mass is 9.89. The van der Waals surface area contributed by atoms with Crippen LogP contribution in [-0.2, 0) is 17.8 Å². The maximum absolute atomic E-state index is 11.7. The van der Waals surface area contributed by atoms with Gasteiger partial charge in [-0.1, -0.05) is 25.3 Å². The highest BCUT2D eigenvalue weighted by molar-refractivity contribution is 5.86. The largest absolute Gasteiger partial charge is 0.357 e. The SMILES string of the molecule is O=C1CCCN1CCCNCc1ccc2[nH]c3c(c2c1)CCCC3NC1CCCCC1. The van der Waals surface area contributed by atoms with Crippen LogP contribution >= 0.6 is 0 Å². The Morgan fingerprint density at radius 3 is 2.77 bits per heavy atom. The third kappa shape index (κ3) is 4.83.